The predicted molar refractivity (Wildman–Crippen MR) is 203 cm³/mol. The lowest BCUT2D eigenvalue weighted by molar-refractivity contribution is -0.118. The molecule has 2 aliphatic carbocycles. The largest absolute Gasteiger partial charge is 0.497 e. The van der Waals surface area contributed by atoms with Crippen LogP contribution in [-0.4, -0.2) is 95.6 Å². The number of allylic oxidation sites excluding steroid dienone is 4. The SMILES string of the molecule is COCCCOc1cc(CN(C2CC2)C(OC)C2CN(C(=O)OC(C)(C)C)CC[C@@H]2C2C=CC=C(OCc3cc(OC)cc(OC)c3)C2)cc(OC)c1. The predicted octanol–water partition coefficient (Wildman–Crippen LogP) is 7.61. The number of amides is 1. The fraction of sp³-hybridized carbons (Fsp3) is 0.595. The van der Waals surface area contributed by atoms with Crippen LogP contribution in [0.2, 0.25) is 0 Å². The molecule has 0 aromatic heterocycles. The Morgan fingerprint density at radius 3 is 2.13 bits per heavy atom. The van der Waals surface area contributed by atoms with E-state index in [4.69, 9.17) is 37.9 Å². The van der Waals surface area contributed by atoms with Crippen LogP contribution in [0.1, 0.15) is 64.0 Å². The maximum absolute atomic E-state index is 13.5. The molecule has 11 nitrogen and oxygen atoms in total. The van der Waals surface area contributed by atoms with Gasteiger partial charge in [0.25, 0.3) is 0 Å². The van der Waals surface area contributed by atoms with Gasteiger partial charge in [-0.25, -0.2) is 4.79 Å². The quantitative estimate of drug-likeness (QED) is 0.112. The second-order valence-corrected chi connectivity index (χ2v) is 15.2. The number of ether oxygens (including phenoxy) is 8. The van der Waals surface area contributed by atoms with Crippen LogP contribution in [0.3, 0.4) is 0 Å². The van der Waals surface area contributed by atoms with Crippen LogP contribution >= 0.6 is 0 Å². The number of rotatable bonds is 18. The number of hydrogen-bond donors (Lipinski definition) is 0. The van der Waals surface area contributed by atoms with Gasteiger partial charge in [-0.05, 0) is 93.3 Å². The molecule has 3 aliphatic rings. The van der Waals surface area contributed by atoms with E-state index in [2.05, 4.69) is 35.3 Å². The number of hydrogen-bond acceptors (Lipinski definition) is 10. The molecule has 0 bridgehead atoms. The van der Waals surface area contributed by atoms with E-state index in [1.165, 1.54) is 0 Å². The summed E-state index contributed by atoms with van der Waals surface area (Å²) in [6.07, 6.45) is 10.5. The lowest BCUT2D eigenvalue weighted by atomic mass is 9.73. The molecular weight excluding hydrogens is 676 g/mol. The van der Waals surface area contributed by atoms with Crippen molar-refractivity contribution < 1.29 is 42.7 Å². The summed E-state index contributed by atoms with van der Waals surface area (Å²) in [5.41, 5.74) is 1.47. The Morgan fingerprint density at radius 2 is 1.51 bits per heavy atom. The Morgan fingerprint density at radius 1 is 0.849 bits per heavy atom. The van der Waals surface area contributed by atoms with Crippen LogP contribution < -0.4 is 18.9 Å². The maximum Gasteiger partial charge on any atom is 0.410 e. The van der Waals surface area contributed by atoms with Crippen molar-refractivity contribution in [3.63, 3.8) is 0 Å². The van der Waals surface area contributed by atoms with E-state index in [1.807, 2.05) is 49.9 Å². The molecule has 1 saturated carbocycles. The Balaban J connectivity index is 1.37. The lowest BCUT2D eigenvalue weighted by Crippen LogP contribution is -2.55. The summed E-state index contributed by atoms with van der Waals surface area (Å²) in [6, 6.07) is 12.3. The maximum atomic E-state index is 13.5. The molecule has 2 fully saturated rings. The van der Waals surface area contributed by atoms with E-state index in [0.717, 1.165) is 72.0 Å². The second kappa shape index (κ2) is 18.9. The molecule has 3 unspecified atom stereocenters. The zero-order valence-corrected chi connectivity index (χ0v) is 32.9. The molecule has 53 heavy (non-hydrogen) atoms. The van der Waals surface area contributed by atoms with Gasteiger partial charge in [-0.15, -0.1) is 0 Å². The van der Waals surface area contributed by atoms with Crippen molar-refractivity contribution in [1.82, 2.24) is 9.80 Å². The number of likely N-dealkylation sites (tertiary alicyclic amines) is 1. The van der Waals surface area contributed by atoms with E-state index in [1.54, 1.807) is 35.5 Å². The van der Waals surface area contributed by atoms with Crippen molar-refractivity contribution in [3.8, 4) is 23.0 Å². The first-order valence-corrected chi connectivity index (χ1v) is 18.8. The molecule has 1 heterocycles. The van der Waals surface area contributed by atoms with Gasteiger partial charge in [0.05, 0.1) is 33.7 Å². The third-order valence-corrected chi connectivity index (χ3v) is 10.1. The highest BCUT2D eigenvalue weighted by atomic mass is 16.6. The van der Waals surface area contributed by atoms with Crippen LogP contribution in [0.5, 0.6) is 23.0 Å². The van der Waals surface area contributed by atoms with Gasteiger partial charge in [-0.2, -0.15) is 0 Å². The van der Waals surface area contributed by atoms with Crippen molar-refractivity contribution in [2.45, 2.75) is 83.9 Å². The highest BCUT2D eigenvalue weighted by Crippen LogP contribution is 2.43. The summed E-state index contributed by atoms with van der Waals surface area (Å²) in [5, 5.41) is 0. The van der Waals surface area contributed by atoms with Crippen LogP contribution in [0.4, 0.5) is 4.79 Å². The third kappa shape index (κ3) is 11.5. The van der Waals surface area contributed by atoms with E-state index in [0.29, 0.717) is 45.5 Å². The molecule has 1 saturated heterocycles. The first-order valence-electron chi connectivity index (χ1n) is 18.8. The zero-order valence-electron chi connectivity index (χ0n) is 32.9. The zero-order chi connectivity index (χ0) is 38.0. The fourth-order valence-corrected chi connectivity index (χ4v) is 7.44. The minimum atomic E-state index is -0.588. The van der Waals surface area contributed by atoms with Crippen LogP contribution in [0.25, 0.3) is 0 Å². The van der Waals surface area contributed by atoms with Gasteiger partial charge >= 0.3 is 6.09 Å². The van der Waals surface area contributed by atoms with Crippen LogP contribution in [0, 0.1) is 17.8 Å². The molecule has 292 valence electrons. The standard InChI is InChI=1S/C42H60N2O9/c1-42(2,3)53-41(45)43-16-15-38(31-11-9-12-33(23-31)52-28-30-21-35(48-6)24-36(22-30)49-7)39(27-43)40(50-8)44(32-13-14-32)26-29-19-34(47-5)25-37(20-29)51-18-10-17-46-4/h9,11-12,19-22,24-25,31-32,38-40H,10,13-18,23,26-28H2,1-8H3/t31?,38-,39?,40?/m1/s1. The minimum Gasteiger partial charge on any atom is -0.497 e. The molecular formula is C42H60N2O9. The molecule has 0 spiro atoms. The van der Waals surface area contributed by atoms with Gasteiger partial charge in [0.15, 0.2) is 0 Å². The Hall–Kier alpha value is -3.93. The van der Waals surface area contributed by atoms with Gasteiger partial charge in [-0.3, -0.25) is 4.90 Å². The average Bonchev–Trinajstić information content (AvgIpc) is 4.00. The van der Waals surface area contributed by atoms with E-state index in [-0.39, 0.29) is 30.1 Å². The molecule has 11 heteroatoms. The Labute approximate surface area is 316 Å². The monoisotopic (exact) mass is 736 g/mol. The van der Waals surface area contributed by atoms with Gasteiger partial charge in [-0.1, -0.05) is 12.2 Å². The van der Waals surface area contributed by atoms with Gasteiger partial charge in [0.2, 0.25) is 0 Å². The highest BCUT2D eigenvalue weighted by molar-refractivity contribution is 5.68. The van der Waals surface area contributed by atoms with E-state index >= 15 is 0 Å². The molecule has 0 radical (unpaired) electrons. The number of piperidine rings is 1. The molecule has 0 N–H and O–H groups in total. The average molecular weight is 737 g/mol. The minimum absolute atomic E-state index is 0.00823. The number of nitrogens with zero attached hydrogens (tertiary/aromatic N) is 2. The first-order chi connectivity index (χ1) is 25.5. The van der Waals surface area contributed by atoms with Crippen molar-refractivity contribution in [2.24, 2.45) is 17.8 Å². The van der Waals surface area contributed by atoms with Crippen molar-refractivity contribution in [3.05, 3.63) is 71.5 Å². The molecule has 1 amide bonds. The fourth-order valence-electron chi connectivity index (χ4n) is 7.44. The summed E-state index contributed by atoms with van der Waals surface area (Å²) in [7, 11) is 8.47. The first kappa shape index (κ1) is 40.3. The third-order valence-electron chi connectivity index (χ3n) is 10.1. The van der Waals surface area contributed by atoms with Gasteiger partial charge < -0.3 is 42.8 Å². The smallest absolute Gasteiger partial charge is 0.410 e. The highest BCUT2D eigenvalue weighted by Gasteiger charge is 2.46. The summed E-state index contributed by atoms with van der Waals surface area (Å²) in [6.45, 7) is 9.13. The summed E-state index contributed by atoms with van der Waals surface area (Å²) in [4.78, 5) is 17.9. The van der Waals surface area contributed by atoms with E-state index < -0.39 is 5.60 Å². The van der Waals surface area contributed by atoms with E-state index in [9.17, 15) is 4.79 Å². The second-order valence-electron chi connectivity index (χ2n) is 15.2. The molecule has 1 aliphatic heterocycles. The molecule has 2 aromatic carbocycles. The summed E-state index contributed by atoms with van der Waals surface area (Å²) >= 11 is 0. The normalized spacial score (nSPS) is 20.8. The van der Waals surface area contributed by atoms with Crippen molar-refractivity contribution in [1.29, 1.82) is 0 Å². The number of benzene rings is 2. The lowest BCUT2D eigenvalue weighted by Gasteiger charge is -2.47. The topological polar surface area (TPSA) is 97.4 Å². The summed E-state index contributed by atoms with van der Waals surface area (Å²) in [5.74, 6) is 4.33. The number of methoxy groups -OCH3 is 5. The summed E-state index contributed by atoms with van der Waals surface area (Å²) < 4.78 is 46.7. The van der Waals surface area contributed by atoms with Crippen molar-refractivity contribution >= 4 is 6.09 Å². The molecule has 5 rings (SSSR count). The molecule has 4 atom stereocenters. The molecule has 2 aromatic rings. The number of carbonyl (C=O) groups is 1. The van der Waals surface area contributed by atoms with Crippen LogP contribution in [-0.2, 0) is 32.1 Å². The van der Waals surface area contributed by atoms with Crippen LogP contribution in [0.15, 0.2) is 60.4 Å². The Kier molecular flexibility index (Phi) is 14.4. The van der Waals surface area contributed by atoms with Gasteiger partial charge in [0, 0.05) is 77.4 Å². The van der Waals surface area contributed by atoms with Crippen molar-refractivity contribution in [2.75, 3.05) is 61.9 Å². The Bertz CT molecular complexity index is 1530. The number of carbonyl (C=O) groups excluding carboxylic acids is 1. The van der Waals surface area contributed by atoms with Gasteiger partial charge in [0.1, 0.15) is 41.4 Å².